The fourth-order valence-electron chi connectivity index (χ4n) is 3.11. The minimum atomic E-state index is -3.93. The Kier molecular flexibility index (Phi) is 7.88. The predicted molar refractivity (Wildman–Crippen MR) is 112 cm³/mol. The lowest BCUT2D eigenvalue weighted by Crippen LogP contribution is -2.50. The number of carbonyl (C=O) groups excluding carboxylic acids is 1. The maximum atomic E-state index is 13.3. The largest absolute Gasteiger partial charge is 0.487 e. The smallest absolute Gasteiger partial charge is 0.247 e. The van der Waals surface area contributed by atoms with Gasteiger partial charge in [0.05, 0.1) is 13.2 Å². The Morgan fingerprint density at radius 2 is 2.07 bits per heavy atom. The van der Waals surface area contributed by atoms with Crippen LogP contribution in [0.3, 0.4) is 0 Å². The third-order valence-corrected chi connectivity index (χ3v) is 7.10. The minimum absolute atomic E-state index is 0.0206. The number of hydrogen-bond donors (Lipinski definition) is 2. The lowest BCUT2D eigenvalue weighted by atomic mass is 10.0. The normalized spacial score (nSPS) is 22.9. The lowest BCUT2D eigenvalue weighted by molar-refractivity contribution is -0.129. The number of likely N-dealkylation sites (N-methyl/N-ethyl adjacent to an activating group) is 1. The van der Waals surface area contributed by atoms with Gasteiger partial charge in [-0.15, -0.1) is 0 Å². The summed E-state index contributed by atoms with van der Waals surface area (Å²) < 4.78 is 34.1. The summed E-state index contributed by atoms with van der Waals surface area (Å²) in [6, 6.07) is 3.89. The van der Waals surface area contributed by atoms with Crippen molar-refractivity contribution >= 4 is 15.9 Å². The quantitative estimate of drug-likeness (QED) is 0.669. The van der Waals surface area contributed by atoms with Gasteiger partial charge in [-0.05, 0) is 32.0 Å². The third-order valence-electron chi connectivity index (χ3n) is 5.08. The molecule has 2 rings (SSSR count). The maximum Gasteiger partial charge on any atom is 0.247 e. The number of fused-ring (bicyclic) bond motifs is 1. The zero-order chi connectivity index (χ0) is 22.6. The summed E-state index contributed by atoms with van der Waals surface area (Å²) >= 11 is 0. The van der Waals surface area contributed by atoms with Gasteiger partial charge in [0.25, 0.3) is 0 Å². The van der Waals surface area contributed by atoms with Gasteiger partial charge in [-0.25, -0.2) is 8.42 Å². The van der Waals surface area contributed by atoms with E-state index in [2.05, 4.69) is 11.8 Å². The summed E-state index contributed by atoms with van der Waals surface area (Å²) in [6.07, 6.45) is -1.30. The van der Waals surface area contributed by atoms with Crippen LogP contribution in [0.4, 0.5) is 0 Å². The number of hydrogen-bond acceptors (Lipinski definition) is 6. The second-order valence-corrected chi connectivity index (χ2v) is 9.61. The first kappa shape index (κ1) is 24.2. The number of rotatable bonds is 4. The molecule has 4 atom stereocenters. The summed E-state index contributed by atoms with van der Waals surface area (Å²) in [6.45, 7) is 6.59. The third kappa shape index (κ3) is 5.52. The van der Waals surface area contributed by atoms with Crippen LogP contribution < -0.4 is 4.74 Å². The van der Waals surface area contributed by atoms with Gasteiger partial charge in [-0.2, -0.15) is 4.31 Å². The Balaban J connectivity index is 2.60. The Morgan fingerprint density at radius 3 is 2.63 bits per heavy atom. The maximum absolute atomic E-state index is 13.3. The molecule has 0 fully saturated rings. The van der Waals surface area contributed by atoms with Gasteiger partial charge in [-0.3, -0.25) is 4.79 Å². The number of ether oxygens (including phenoxy) is 1. The monoisotopic (exact) mass is 438 g/mol. The first-order chi connectivity index (χ1) is 14.0. The molecule has 1 aliphatic rings. The van der Waals surface area contributed by atoms with Crippen molar-refractivity contribution in [3.63, 3.8) is 0 Å². The van der Waals surface area contributed by atoms with Crippen molar-refractivity contribution in [3.8, 4) is 17.6 Å². The van der Waals surface area contributed by atoms with E-state index in [4.69, 9.17) is 4.74 Å². The molecule has 1 amide bonds. The Hall–Kier alpha value is -2.12. The molecule has 0 saturated carbocycles. The molecule has 0 spiro atoms. The molecule has 2 N–H and O–H groups in total. The first-order valence-corrected chi connectivity index (χ1v) is 11.3. The van der Waals surface area contributed by atoms with Crippen molar-refractivity contribution in [1.29, 1.82) is 0 Å². The molecule has 1 aromatic rings. The van der Waals surface area contributed by atoms with Crippen molar-refractivity contribution < 1.29 is 28.2 Å². The van der Waals surface area contributed by atoms with E-state index in [0.29, 0.717) is 5.56 Å². The van der Waals surface area contributed by atoms with E-state index in [1.165, 1.54) is 35.2 Å². The molecule has 1 aromatic carbocycles. The van der Waals surface area contributed by atoms with Crippen LogP contribution in [-0.2, 0) is 14.8 Å². The van der Waals surface area contributed by atoms with Crippen molar-refractivity contribution in [2.24, 2.45) is 5.92 Å². The summed E-state index contributed by atoms with van der Waals surface area (Å²) in [5, 5.41) is 19.0. The molecule has 166 valence electrons. The van der Waals surface area contributed by atoms with E-state index < -0.39 is 28.3 Å². The summed E-state index contributed by atoms with van der Waals surface area (Å²) in [4.78, 5) is 13.2. The molecule has 0 radical (unpaired) electrons. The molecule has 0 aromatic heterocycles. The van der Waals surface area contributed by atoms with Crippen LogP contribution in [0.15, 0.2) is 23.1 Å². The first-order valence-electron chi connectivity index (χ1n) is 9.82. The molecule has 0 aliphatic carbocycles. The highest BCUT2D eigenvalue weighted by atomic mass is 32.2. The SMILES string of the molecule is CC(=O)N(C)C[C@H]1Oc2cc(C#C[C@H](C)O)ccc2S(=O)(=O)N([C@@H](C)CO)C[C@H]1C. The molecule has 1 aliphatic heterocycles. The molecular formula is C21H30N2O6S. The summed E-state index contributed by atoms with van der Waals surface area (Å²) in [5.74, 6) is 5.17. The van der Waals surface area contributed by atoms with Gasteiger partial charge in [0.2, 0.25) is 15.9 Å². The number of carbonyl (C=O) groups is 1. The number of aliphatic hydroxyl groups is 2. The molecule has 30 heavy (non-hydrogen) atoms. The number of sulfonamides is 1. The van der Waals surface area contributed by atoms with E-state index in [9.17, 15) is 23.4 Å². The summed E-state index contributed by atoms with van der Waals surface area (Å²) in [5.41, 5.74) is 0.499. The molecule has 0 bridgehead atoms. The van der Waals surface area contributed by atoms with E-state index in [0.717, 1.165) is 0 Å². The van der Waals surface area contributed by atoms with Gasteiger partial charge >= 0.3 is 0 Å². The van der Waals surface area contributed by atoms with Crippen molar-refractivity contribution in [2.75, 3.05) is 26.7 Å². The predicted octanol–water partition coefficient (Wildman–Crippen LogP) is 0.666. The average Bonchev–Trinajstić information content (AvgIpc) is 2.68. The molecular weight excluding hydrogens is 408 g/mol. The van der Waals surface area contributed by atoms with Crippen LogP contribution in [0.5, 0.6) is 5.75 Å². The molecule has 0 saturated heterocycles. The van der Waals surface area contributed by atoms with E-state index in [-0.39, 0.29) is 42.2 Å². The molecule has 9 heteroatoms. The van der Waals surface area contributed by atoms with Crippen LogP contribution in [0.1, 0.15) is 33.3 Å². The van der Waals surface area contributed by atoms with Gasteiger partial charge in [-0.1, -0.05) is 18.8 Å². The van der Waals surface area contributed by atoms with Crippen LogP contribution in [0.25, 0.3) is 0 Å². The van der Waals surface area contributed by atoms with Gasteiger partial charge in [0, 0.05) is 38.0 Å². The van der Waals surface area contributed by atoms with Crippen molar-refractivity contribution in [1.82, 2.24) is 9.21 Å². The summed E-state index contributed by atoms with van der Waals surface area (Å²) in [7, 11) is -2.27. The van der Waals surface area contributed by atoms with Crippen LogP contribution in [0.2, 0.25) is 0 Å². The van der Waals surface area contributed by atoms with Gasteiger partial charge in [0.1, 0.15) is 22.9 Å². The zero-order valence-corrected chi connectivity index (χ0v) is 18.8. The van der Waals surface area contributed by atoms with Crippen LogP contribution in [0, 0.1) is 17.8 Å². The highest BCUT2D eigenvalue weighted by Gasteiger charge is 2.38. The van der Waals surface area contributed by atoms with E-state index in [1.807, 2.05) is 6.92 Å². The van der Waals surface area contributed by atoms with Crippen molar-refractivity contribution in [2.45, 2.75) is 50.8 Å². The van der Waals surface area contributed by atoms with Crippen molar-refractivity contribution in [3.05, 3.63) is 23.8 Å². The number of benzene rings is 1. The topological polar surface area (TPSA) is 107 Å². The Bertz CT molecular complexity index is 935. The fourth-order valence-corrected chi connectivity index (χ4v) is 4.93. The van der Waals surface area contributed by atoms with Gasteiger partial charge in [0.15, 0.2) is 0 Å². The molecule has 8 nitrogen and oxygen atoms in total. The van der Waals surface area contributed by atoms with Gasteiger partial charge < -0.3 is 19.8 Å². The zero-order valence-electron chi connectivity index (χ0n) is 18.0. The highest BCUT2D eigenvalue weighted by Crippen LogP contribution is 2.34. The molecule has 1 heterocycles. The van der Waals surface area contributed by atoms with Crippen LogP contribution in [-0.4, -0.2) is 78.7 Å². The number of amides is 1. The minimum Gasteiger partial charge on any atom is -0.487 e. The lowest BCUT2D eigenvalue weighted by Gasteiger charge is -2.37. The second kappa shape index (κ2) is 9.79. The Labute approximate surface area is 178 Å². The highest BCUT2D eigenvalue weighted by molar-refractivity contribution is 7.89. The Morgan fingerprint density at radius 1 is 1.40 bits per heavy atom. The number of nitrogens with zero attached hydrogens (tertiary/aromatic N) is 2. The average molecular weight is 439 g/mol. The fraction of sp³-hybridized carbons (Fsp3) is 0.571. The van der Waals surface area contributed by atoms with E-state index >= 15 is 0 Å². The molecule has 0 unspecified atom stereocenters. The van der Waals surface area contributed by atoms with Crippen LogP contribution >= 0.6 is 0 Å². The standard InChI is InChI=1S/C21H30N2O6S/c1-14-11-23(15(2)13-24)30(27,28)21-9-8-18(7-6-16(3)25)10-19(21)29-20(14)12-22(5)17(4)26/h8-10,14-16,20,24-25H,11-13H2,1-5H3/t14-,15+,16+,20-/m1/s1. The second-order valence-electron chi connectivity index (χ2n) is 7.75. The number of aliphatic hydroxyl groups excluding tert-OH is 2. The van der Waals surface area contributed by atoms with E-state index in [1.54, 1.807) is 20.0 Å².